The predicted octanol–water partition coefficient (Wildman–Crippen LogP) is 4.10. The van der Waals surface area contributed by atoms with Crippen LogP contribution in [0.4, 0.5) is 4.39 Å². The van der Waals surface area contributed by atoms with Crippen LogP contribution in [0.2, 0.25) is 10.0 Å². The number of amides is 1. The Hall–Kier alpha value is -2.06. The van der Waals surface area contributed by atoms with Crippen molar-refractivity contribution in [2.75, 3.05) is 19.6 Å². The highest BCUT2D eigenvalue weighted by molar-refractivity contribution is 6.35. The fraction of sp³-hybridized carbons (Fsp3) is 0.300. The molecule has 0 spiro atoms. The fourth-order valence-electron chi connectivity index (χ4n) is 3.36. The molecule has 0 bridgehead atoms. The Labute approximate surface area is 189 Å². The molecule has 0 saturated heterocycles. The van der Waals surface area contributed by atoms with Gasteiger partial charge in [-0.25, -0.2) is 9.18 Å². The molecule has 3 rings (SSSR count). The second kappa shape index (κ2) is 9.83. The van der Waals surface area contributed by atoms with E-state index in [-0.39, 0.29) is 34.0 Å². The zero-order chi connectivity index (χ0) is 21.3. The lowest BCUT2D eigenvalue weighted by molar-refractivity contribution is 0.1000. The number of rotatable bonds is 7. The van der Waals surface area contributed by atoms with Gasteiger partial charge in [-0.3, -0.25) is 13.9 Å². The number of carbonyl (C=O) groups excluding carboxylic acids is 1. The van der Waals surface area contributed by atoms with E-state index in [2.05, 4.69) is 4.90 Å². The minimum atomic E-state index is -0.772. The molecule has 2 N–H and O–H groups in total. The highest BCUT2D eigenvalue weighted by atomic mass is 35.5. The van der Waals surface area contributed by atoms with Gasteiger partial charge in [0.05, 0.1) is 16.2 Å². The average molecular weight is 476 g/mol. The quantitative estimate of drug-likeness (QED) is 0.559. The van der Waals surface area contributed by atoms with Crippen molar-refractivity contribution in [3.63, 3.8) is 0 Å². The third-order valence-corrected chi connectivity index (χ3v) is 5.49. The van der Waals surface area contributed by atoms with Crippen LogP contribution in [-0.4, -0.2) is 39.6 Å². The van der Waals surface area contributed by atoms with Gasteiger partial charge >= 0.3 is 5.69 Å². The van der Waals surface area contributed by atoms with E-state index in [1.165, 1.54) is 21.3 Å². The number of halogens is 4. The average Bonchev–Trinajstić information content (AvgIpc) is 2.95. The molecule has 10 heteroatoms. The molecule has 0 saturated carbocycles. The SMILES string of the molecule is CCN(CC)CCn1c(=O)n(-c2ccc(Cl)cc2Cl)c2c(F)cc(C(N)=O)cc21.Cl. The molecule has 0 atom stereocenters. The first-order chi connectivity index (χ1) is 13.8. The van der Waals surface area contributed by atoms with Gasteiger partial charge in [0.25, 0.3) is 0 Å². The molecule has 0 aliphatic carbocycles. The molecule has 30 heavy (non-hydrogen) atoms. The van der Waals surface area contributed by atoms with Gasteiger partial charge in [-0.2, -0.15) is 0 Å². The number of hydrogen-bond donors (Lipinski definition) is 1. The summed E-state index contributed by atoms with van der Waals surface area (Å²) in [7, 11) is 0. The molecule has 1 aromatic heterocycles. The number of imidazole rings is 1. The van der Waals surface area contributed by atoms with Crippen molar-refractivity contribution >= 4 is 52.5 Å². The predicted molar refractivity (Wildman–Crippen MR) is 121 cm³/mol. The zero-order valence-corrected chi connectivity index (χ0v) is 18.8. The number of fused-ring (bicyclic) bond motifs is 1. The number of nitrogens with zero attached hydrogens (tertiary/aromatic N) is 3. The summed E-state index contributed by atoms with van der Waals surface area (Å²) in [6.45, 7) is 6.57. The minimum absolute atomic E-state index is 0. The molecular formula is C20H22Cl3FN4O2. The Morgan fingerprint density at radius 2 is 1.83 bits per heavy atom. The van der Waals surface area contributed by atoms with E-state index in [0.29, 0.717) is 23.8 Å². The van der Waals surface area contributed by atoms with Crippen LogP contribution in [-0.2, 0) is 6.54 Å². The van der Waals surface area contributed by atoms with Gasteiger partial charge in [0.1, 0.15) is 11.3 Å². The van der Waals surface area contributed by atoms with Crippen LogP contribution in [0.1, 0.15) is 24.2 Å². The molecule has 6 nitrogen and oxygen atoms in total. The van der Waals surface area contributed by atoms with Crippen LogP contribution in [0, 0.1) is 5.82 Å². The van der Waals surface area contributed by atoms with Crippen molar-refractivity contribution in [3.05, 3.63) is 62.2 Å². The largest absolute Gasteiger partial charge is 0.366 e. The lowest BCUT2D eigenvalue weighted by Gasteiger charge is -2.18. The third kappa shape index (κ3) is 4.49. The maximum Gasteiger partial charge on any atom is 0.333 e. The van der Waals surface area contributed by atoms with Crippen molar-refractivity contribution in [2.45, 2.75) is 20.4 Å². The van der Waals surface area contributed by atoms with Gasteiger partial charge < -0.3 is 10.6 Å². The summed E-state index contributed by atoms with van der Waals surface area (Å²) >= 11 is 12.3. The number of hydrogen-bond acceptors (Lipinski definition) is 3. The molecule has 2 aromatic carbocycles. The molecule has 0 radical (unpaired) electrons. The zero-order valence-electron chi connectivity index (χ0n) is 16.5. The number of nitrogens with two attached hydrogens (primary N) is 1. The van der Waals surface area contributed by atoms with Gasteiger partial charge in [0.2, 0.25) is 5.91 Å². The minimum Gasteiger partial charge on any atom is -0.366 e. The van der Waals surface area contributed by atoms with E-state index in [0.717, 1.165) is 19.2 Å². The first-order valence-corrected chi connectivity index (χ1v) is 9.96. The summed E-state index contributed by atoms with van der Waals surface area (Å²) < 4.78 is 17.7. The fourth-order valence-corrected chi connectivity index (χ4v) is 3.85. The van der Waals surface area contributed by atoms with Crippen LogP contribution < -0.4 is 11.4 Å². The lowest BCUT2D eigenvalue weighted by atomic mass is 10.1. The van der Waals surface area contributed by atoms with Gasteiger partial charge in [-0.05, 0) is 43.4 Å². The van der Waals surface area contributed by atoms with Gasteiger partial charge in [0.15, 0.2) is 0 Å². The Balaban J connectivity index is 0.00000320. The first-order valence-electron chi connectivity index (χ1n) is 9.20. The maximum absolute atomic E-state index is 15.0. The van der Waals surface area contributed by atoms with Crippen LogP contribution in [0.5, 0.6) is 0 Å². The summed E-state index contributed by atoms with van der Waals surface area (Å²) in [4.78, 5) is 27.1. The molecule has 1 heterocycles. The Morgan fingerprint density at radius 1 is 1.17 bits per heavy atom. The van der Waals surface area contributed by atoms with E-state index in [1.54, 1.807) is 12.1 Å². The first kappa shape index (κ1) is 24.2. The van der Waals surface area contributed by atoms with Crippen LogP contribution in [0.25, 0.3) is 16.7 Å². The number of aromatic nitrogens is 2. The molecule has 0 aliphatic rings. The van der Waals surface area contributed by atoms with Crippen molar-refractivity contribution in [1.29, 1.82) is 0 Å². The summed E-state index contributed by atoms with van der Waals surface area (Å²) in [5.41, 5.74) is 5.49. The number of primary amides is 1. The van der Waals surface area contributed by atoms with E-state index in [4.69, 9.17) is 28.9 Å². The van der Waals surface area contributed by atoms with Gasteiger partial charge in [-0.1, -0.05) is 37.0 Å². The Kier molecular flexibility index (Phi) is 7.93. The smallest absolute Gasteiger partial charge is 0.333 e. The molecule has 0 aliphatic heterocycles. The topological polar surface area (TPSA) is 73.3 Å². The standard InChI is InChI=1S/C20H21Cl2FN4O2.ClH/c1-3-25(4-2)7-8-26-17-10-12(19(24)28)9-15(23)18(17)27(20(26)29)16-6-5-13(21)11-14(16)22;/h5-6,9-11H,3-4,7-8H2,1-2H3,(H2,24,28);1H. The monoisotopic (exact) mass is 474 g/mol. The van der Waals surface area contributed by atoms with Crippen molar-refractivity contribution in [2.24, 2.45) is 5.73 Å². The molecule has 162 valence electrons. The normalized spacial score (nSPS) is 11.1. The van der Waals surface area contributed by atoms with Crippen LogP contribution >= 0.6 is 35.6 Å². The maximum atomic E-state index is 15.0. The third-order valence-electron chi connectivity index (χ3n) is 4.95. The van der Waals surface area contributed by atoms with Crippen molar-refractivity contribution < 1.29 is 9.18 Å². The summed E-state index contributed by atoms with van der Waals surface area (Å²) in [6, 6.07) is 7.08. The van der Waals surface area contributed by atoms with E-state index in [1.807, 2.05) is 13.8 Å². The van der Waals surface area contributed by atoms with Gasteiger partial charge in [0, 0.05) is 23.7 Å². The molecule has 0 fully saturated rings. The lowest BCUT2D eigenvalue weighted by Crippen LogP contribution is -2.31. The Morgan fingerprint density at radius 3 is 2.40 bits per heavy atom. The van der Waals surface area contributed by atoms with E-state index < -0.39 is 17.4 Å². The summed E-state index contributed by atoms with van der Waals surface area (Å²) in [6.07, 6.45) is 0. The second-order valence-corrected chi connectivity index (χ2v) is 7.43. The Bertz CT molecular complexity index is 1140. The van der Waals surface area contributed by atoms with Crippen molar-refractivity contribution in [3.8, 4) is 5.69 Å². The van der Waals surface area contributed by atoms with Gasteiger partial charge in [-0.15, -0.1) is 12.4 Å². The molecule has 1 amide bonds. The van der Waals surface area contributed by atoms with E-state index in [9.17, 15) is 9.59 Å². The van der Waals surface area contributed by atoms with Crippen LogP contribution in [0.3, 0.4) is 0 Å². The number of carbonyl (C=O) groups is 1. The molecule has 3 aromatic rings. The molecule has 0 unspecified atom stereocenters. The summed E-state index contributed by atoms with van der Waals surface area (Å²) in [5.74, 6) is -1.51. The number of likely N-dealkylation sites (N-methyl/N-ethyl adjacent to an activating group) is 1. The van der Waals surface area contributed by atoms with Crippen molar-refractivity contribution in [1.82, 2.24) is 14.0 Å². The highest BCUT2D eigenvalue weighted by Gasteiger charge is 2.22. The summed E-state index contributed by atoms with van der Waals surface area (Å²) in [5, 5.41) is 0.606. The van der Waals surface area contributed by atoms with Crippen LogP contribution in [0.15, 0.2) is 35.1 Å². The second-order valence-electron chi connectivity index (χ2n) is 6.58. The van der Waals surface area contributed by atoms with E-state index >= 15 is 4.39 Å². The highest BCUT2D eigenvalue weighted by Crippen LogP contribution is 2.28. The number of benzene rings is 2. The molecular weight excluding hydrogens is 454 g/mol.